The first-order chi connectivity index (χ1) is 13.2. The lowest BCUT2D eigenvalue weighted by Gasteiger charge is -2.38. The quantitative estimate of drug-likeness (QED) is 0.713. The standard InChI is InChI=1S/C20H24N2S.CH4O3S/c1-15-7-8-17-18(22-11-9-21(2)10-12-22)14-16-5-3-4-6-19(16)23-20(17)13-15;1-5(2,3)4/h3-8,13,18H,9-12,14H2,1-2H3;1H3,(H,2,3,4). The predicted octanol–water partition coefficient (Wildman–Crippen LogP) is 3.49. The van der Waals surface area contributed by atoms with Crippen molar-refractivity contribution in [2.24, 2.45) is 0 Å². The summed E-state index contributed by atoms with van der Waals surface area (Å²) in [6.45, 7) is 6.88. The molecular weight excluding hydrogens is 392 g/mol. The second-order valence-corrected chi connectivity index (χ2v) is 10.1. The summed E-state index contributed by atoms with van der Waals surface area (Å²) in [5.74, 6) is 0. The Morgan fingerprint density at radius 3 is 2.36 bits per heavy atom. The second kappa shape index (κ2) is 8.97. The van der Waals surface area contributed by atoms with Gasteiger partial charge >= 0.3 is 0 Å². The van der Waals surface area contributed by atoms with Crippen molar-refractivity contribution in [1.82, 2.24) is 9.80 Å². The van der Waals surface area contributed by atoms with Crippen LogP contribution in [0.4, 0.5) is 0 Å². The van der Waals surface area contributed by atoms with E-state index < -0.39 is 10.1 Å². The van der Waals surface area contributed by atoms with E-state index in [1.165, 1.54) is 52.7 Å². The smallest absolute Gasteiger partial charge is 0.261 e. The van der Waals surface area contributed by atoms with Crippen LogP contribution in [0.3, 0.4) is 0 Å². The first-order valence-electron chi connectivity index (χ1n) is 9.42. The van der Waals surface area contributed by atoms with E-state index in [0.717, 1.165) is 6.42 Å². The van der Waals surface area contributed by atoms with Gasteiger partial charge in [0.05, 0.1) is 6.26 Å². The summed E-state index contributed by atoms with van der Waals surface area (Å²) in [5.41, 5.74) is 4.37. The number of likely N-dealkylation sites (N-methyl/N-ethyl adjacent to an activating group) is 1. The molecule has 0 spiro atoms. The topological polar surface area (TPSA) is 60.9 Å². The van der Waals surface area contributed by atoms with Crippen LogP contribution in [0.2, 0.25) is 0 Å². The summed E-state index contributed by atoms with van der Waals surface area (Å²) in [6.07, 6.45) is 1.84. The Morgan fingerprint density at radius 2 is 1.68 bits per heavy atom. The molecule has 2 aromatic carbocycles. The molecule has 1 unspecified atom stereocenters. The molecule has 2 aromatic rings. The maximum atomic E-state index is 9.19. The highest BCUT2D eigenvalue weighted by molar-refractivity contribution is 7.99. The van der Waals surface area contributed by atoms with Gasteiger partial charge in [-0.15, -0.1) is 0 Å². The van der Waals surface area contributed by atoms with Gasteiger partial charge in [-0.3, -0.25) is 9.45 Å². The highest BCUT2D eigenvalue weighted by Gasteiger charge is 2.29. The molecule has 1 fully saturated rings. The summed E-state index contributed by atoms with van der Waals surface area (Å²) >= 11 is 1.95. The van der Waals surface area contributed by atoms with Crippen molar-refractivity contribution in [3.05, 3.63) is 59.2 Å². The number of rotatable bonds is 1. The summed E-state index contributed by atoms with van der Waals surface area (Å²) in [6, 6.07) is 16.5. The lowest BCUT2D eigenvalue weighted by atomic mass is 9.96. The van der Waals surface area contributed by atoms with E-state index >= 15 is 0 Å². The van der Waals surface area contributed by atoms with Gasteiger partial charge in [0, 0.05) is 42.0 Å². The van der Waals surface area contributed by atoms with E-state index in [1.807, 2.05) is 11.8 Å². The lowest BCUT2D eigenvalue weighted by Crippen LogP contribution is -2.46. The molecule has 1 saturated heterocycles. The molecule has 2 aliphatic rings. The van der Waals surface area contributed by atoms with Crippen LogP contribution in [0, 0.1) is 6.92 Å². The van der Waals surface area contributed by atoms with Gasteiger partial charge in [0.1, 0.15) is 0 Å². The minimum atomic E-state index is -3.67. The Labute approximate surface area is 172 Å². The van der Waals surface area contributed by atoms with Gasteiger partial charge in [0.25, 0.3) is 10.1 Å². The van der Waals surface area contributed by atoms with Gasteiger partial charge < -0.3 is 4.90 Å². The van der Waals surface area contributed by atoms with Crippen LogP contribution in [0.1, 0.15) is 22.7 Å². The van der Waals surface area contributed by atoms with E-state index in [2.05, 4.69) is 66.2 Å². The van der Waals surface area contributed by atoms with Gasteiger partial charge in [0.15, 0.2) is 0 Å². The van der Waals surface area contributed by atoms with E-state index in [0.29, 0.717) is 12.3 Å². The van der Waals surface area contributed by atoms with Crippen molar-refractivity contribution in [3.8, 4) is 0 Å². The summed E-state index contributed by atoms with van der Waals surface area (Å²) in [7, 11) is -1.44. The number of hydrogen-bond acceptors (Lipinski definition) is 5. The van der Waals surface area contributed by atoms with Crippen LogP contribution in [-0.4, -0.2) is 62.3 Å². The number of nitrogens with zero attached hydrogens (tertiary/aromatic N) is 2. The Morgan fingerprint density at radius 1 is 1.04 bits per heavy atom. The normalized spacial score (nSPS) is 20.4. The van der Waals surface area contributed by atoms with Crippen LogP contribution in [0.15, 0.2) is 52.3 Å². The average molecular weight is 421 g/mol. The maximum absolute atomic E-state index is 9.19. The van der Waals surface area contributed by atoms with Crippen molar-refractivity contribution in [2.45, 2.75) is 29.2 Å². The zero-order valence-electron chi connectivity index (χ0n) is 16.6. The number of aryl methyl sites for hydroxylation is 1. The SMILES string of the molecule is CS(=O)(=O)O.Cc1ccc2c(c1)Sc1ccccc1CC2N1CCN(C)CC1. The number of hydrogen-bond donors (Lipinski definition) is 1. The molecule has 2 aliphatic heterocycles. The average Bonchev–Trinajstić information content (AvgIpc) is 2.77. The van der Waals surface area contributed by atoms with Crippen LogP contribution < -0.4 is 0 Å². The Hall–Kier alpha value is -1.38. The Kier molecular flexibility index (Phi) is 6.83. The van der Waals surface area contributed by atoms with Crippen LogP contribution in [0.5, 0.6) is 0 Å². The van der Waals surface area contributed by atoms with E-state index in [9.17, 15) is 8.42 Å². The fourth-order valence-corrected chi connectivity index (χ4v) is 4.91. The highest BCUT2D eigenvalue weighted by Crippen LogP contribution is 2.43. The molecule has 0 bridgehead atoms. The molecule has 152 valence electrons. The molecule has 1 N–H and O–H groups in total. The molecule has 0 radical (unpaired) electrons. The van der Waals surface area contributed by atoms with Gasteiger partial charge in [0.2, 0.25) is 0 Å². The number of fused-ring (bicyclic) bond motifs is 2. The van der Waals surface area contributed by atoms with E-state index in [1.54, 1.807) is 0 Å². The van der Waals surface area contributed by atoms with Crippen LogP contribution in [0.25, 0.3) is 0 Å². The van der Waals surface area contributed by atoms with Crippen LogP contribution in [-0.2, 0) is 16.5 Å². The van der Waals surface area contributed by atoms with Gasteiger partial charge in [-0.1, -0.05) is 42.1 Å². The minimum Gasteiger partial charge on any atom is -0.304 e. The van der Waals surface area contributed by atoms with Crippen molar-refractivity contribution in [1.29, 1.82) is 0 Å². The molecule has 4 rings (SSSR count). The van der Waals surface area contributed by atoms with Gasteiger partial charge in [-0.25, -0.2) is 0 Å². The molecule has 7 heteroatoms. The summed E-state index contributed by atoms with van der Waals surface area (Å²) in [4.78, 5) is 8.00. The van der Waals surface area contributed by atoms with Crippen molar-refractivity contribution >= 4 is 21.9 Å². The summed E-state index contributed by atoms with van der Waals surface area (Å²) < 4.78 is 25.9. The zero-order chi connectivity index (χ0) is 20.3. The molecule has 5 nitrogen and oxygen atoms in total. The predicted molar refractivity (Wildman–Crippen MR) is 115 cm³/mol. The third-order valence-electron chi connectivity index (χ3n) is 5.11. The van der Waals surface area contributed by atoms with E-state index in [-0.39, 0.29) is 0 Å². The van der Waals surface area contributed by atoms with Gasteiger partial charge in [-0.2, -0.15) is 8.42 Å². The molecule has 0 amide bonds. The Balaban J connectivity index is 0.000000403. The molecule has 1 atom stereocenters. The van der Waals surface area contributed by atoms with Crippen LogP contribution >= 0.6 is 11.8 Å². The number of benzene rings is 2. The van der Waals surface area contributed by atoms with E-state index in [4.69, 9.17) is 4.55 Å². The molecule has 0 saturated carbocycles. The molecule has 0 aromatic heterocycles. The fourth-order valence-electron chi connectivity index (χ4n) is 3.67. The highest BCUT2D eigenvalue weighted by atomic mass is 32.2. The molecule has 0 aliphatic carbocycles. The monoisotopic (exact) mass is 420 g/mol. The van der Waals surface area contributed by atoms with Gasteiger partial charge in [-0.05, 0) is 49.2 Å². The fraction of sp³-hybridized carbons (Fsp3) is 0.429. The summed E-state index contributed by atoms with van der Waals surface area (Å²) in [5, 5.41) is 0. The first-order valence-corrected chi connectivity index (χ1v) is 12.1. The first kappa shape index (κ1) is 21.3. The maximum Gasteiger partial charge on any atom is 0.261 e. The second-order valence-electron chi connectivity index (χ2n) is 7.54. The lowest BCUT2D eigenvalue weighted by molar-refractivity contribution is 0.110. The minimum absolute atomic E-state index is 0.510. The molecule has 2 heterocycles. The third-order valence-corrected chi connectivity index (χ3v) is 6.30. The van der Waals surface area contributed by atoms with Crippen molar-refractivity contribution < 1.29 is 13.0 Å². The molecule has 28 heavy (non-hydrogen) atoms. The third kappa shape index (κ3) is 5.81. The van der Waals surface area contributed by atoms with Crippen molar-refractivity contribution in [3.63, 3.8) is 0 Å². The van der Waals surface area contributed by atoms with Crippen molar-refractivity contribution in [2.75, 3.05) is 39.5 Å². The Bertz CT molecular complexity index is 915. The largest absolute Gasteiger partial charge is 0.304 e. The molecular formula is C21H28N2O3S2. The zero-order valence-corrected chi connectivity index (χ0v) is 18.3. The number of piperazine rings is 1.